The van der Waals surface area contributed by atoms with Gasteiger partial charge in [-0.05, 0) is 75.2 Å². The number of aryl methyl sites for hydroxylation is 2. The molecule has 4 aromatic rings. The Labute approximate surface area is 265 Å². The van der Waals surface area contributed by atoms with E-state index >= 15 is 0 Å². The molecule has 0 spiro atoms. The lowest BCUT2D eigenvalue weighted by atomic mass is 10.1. The van der Waals surface area contributed by atoms with Gasteiger partial charge in [0.1, 0.15) is 23.1 Å². The second kappa shape index (κ2) is 14.4. The van der Waals surface area contributed by atoms with Crippen LogP contribution in [0.1, 0.15) is 23.6 Å². The Kier molecular flexibility index (Phi) is 10.2. The Morgan fingerprint density at radius 3 is 2.44 bits per heavy atom. The quantitative estimate of drug-likeness (QED) is 0.220. The van der Waals surface area contributed by atoms with Gasteiger partial charge in [0.2, 0.25) is 5.95 Å². The van der Waals surface area contributed by atoms with Gasteiger partial charge >= 0.3 is 6.09 Å². The molecule has 10 nitrogen and oxygen atoms in total. The summed E-state index contributed by atoms with van der Waals surface area (Å²) in [5.41, 5.74) is 4.25. The molecule has 0 radical (unpaired) electrons. The molecule has 1 saturated heterocycles. The number of carbonyl (C=O) groups excluding carboxylic acids is 1. The summed E-state index contributed by atoms with van der Waals surface area (Å²) in [6.45, 7) is 10.4. The normalized spacial score (nSPS) is 15.4. The number of para-hydroxylation sites is 1. The molecule has 1 unspecified atom stereocenters. The van der Waals surface area contributed by atoms with Crippen LogP contribution < -0.4 is 24.4 Å². The number of carbonyl (C=O) groups is 1. The summed E-state index contributed by atoms with van der Waals surface area (Å²) in [6, 6.07) is 21.5. The van der Waals surface area contributed by atoms with E-state index in [4.69, 9.17) is 19.2 Å². The molecule has 1 aromatic heterocycles. The Morgan fingerprint density at radius 1 is 1.00 bits per heavy atom. The zero-order valence-electron chi connectivity index (χ0n) is 26.9. The smallest absolute Gasteiger partial charge is 0.425 e. The molecule has 0 aliphatic carbocycles. The third-order valence-corrected chi connectivity index (χ3v) is 8.25. The lowest BCUT2D eigenvalue weighted by Crippen LogP contribution is -2.50. The summed E-state index contributed by atoms with van der Waals surface area (Å²) < 4.78 is 17.0. The number of aromatic nitrogens is 2. The summed E-state index contributed by atoms with van der Waals surface area (Å²) in [4.78, 5) is 29.3. The van der Waals surface area contributed by atoms with Crippen molar-refractivity contribution in [2.45, 2.75) is 33.2 Å². The van der Waals surface area contributed by atoms with Crippen molar-refractivity contribution < 1.29 is 19.0 Å². The van der Waals surface area contributed by atoms with Crippen molar-refractivity contribution in [1.29, 1.82) is 0 Å². The summed E-state index contributed by atoms with van der Waals surface area (Å²) in [5.74, 6) is 2.15. The van der Waals surface area contributed by atoms with Crippen LogP contribution in [0.15, 0.2) is 72.9 Å². The van der Waals surface area contributed by atoms with Crippen LogP contribution in [0, 0.1) is 13.8 Å². The van der Waals surface area contributed by atoms with Crippen molar-refractivity contribution in [2.75, 3.05) is 57.7 Å². The lowest BCUT2D eigenvalue weighted by molar-refractivity contribution is 0.106. The topological polar surface area (TPSA) is 92.3 Å². The minimum atomic E-state index is -0.639. The molecular formula is C35H42N6O4. The number of hydrogen-bond donors (Lipinski definition) is 1. The monoisotopic (exact) mass is 610 g/mol. The van der Waals surface area contributed by atoms with Crippen LogP contribution in [-0.4, -0.2) is 79.3 Å². The van der Waals surface area contributed by atoms with Gasteiger partial charge in [-0.15, -0.1) is 0 Å². The van der Waals surface area contributed by atoms with Crippen LogP contribution >= 0.6 is 0 Å². The van der Waals surface area contributed by atoms with Crippen molar-refractivity contribution in [3.05, 3.63) is 89.6 Å². The molecule has 0 saturated carbocycles. The lowest BCUT2D eigenvalue weighted by Gasteiger charge is -2.37. The average Bonchev–Trinajstić information content (AvgIpc) is 3.04. The van der Waals surface area contributed by atoms with E-state index in [0.29, 0.717) is 40.7 Å². The summed E-state index contributed by atoms with van der Waals surface area (Å²) >= 11 is 0. The maximum absolute atomic E-state index is 13.9. The molecule has 5 rings (SSSR count). The summed E-state index contributed by atoms with van der Waals surface area (Å²) in [5, 5.41) is 3.28. The Balaban J connectivity index is 1.36. The SMILES string of the molecule is COc1ccc(N(C(=O)Oc2c(C)cccc2C)c2ccnc(Nc3ccc(CCN4CCN(C)C(C)C4)cc3)n2)c(OC)c1. The molecule has 236 valence electrons. The van der Waals surface area contributed by atoms with E-state index in [0.717, 1.165) is 49.4 Å². The molecule has 1 atom stereocenters. The molecule has 1 aliphatic rings. The molecule has 3 aromatic carbocycles. The van der Waals surface area contributed by atoms with Crippen molar-refractivity contribution in [3.8, 4) is 17.2 Å². The van der Waals surface area contributed by atoms with Gasteiger partial charge in [-0.3, -0.25) is 0 Å². The Morgan fingerprint density at radius 2 is 1.76 bits per heavy atom. The largest absolute Gasteiger partial charge is 0.497 e. The van der Waals surface area contributed by atoms with E-state index in [1.807, 2.05) is 44.2 Å². The first-order valence-corrected chi connectivity index (χ1v) is 15.2. The molecule has 45 heavy (non-hydrogen) atoms. The number of amides is 1. The van der Waals surface area contributed by atoms with Crippen LogP contribution in [0.3, 0.4) is 0 Å². The van der Waals surface area contributed by atoms with Gasteiger partial charge in [0.15, 0.2) is 0 Å². The number of likely N-dealkylation sites (N-methyl/N-ethyl adjacent to an activating group) is 1. The number of ether oxygens (including phenoxy) is 3. The van der Waals surface area contributed by atoms with E-state index in [-0.39, 0.29) is 0 Å². The number of nitrogens with zero attached hydrogens (tertiary/aromatic N) is 5. The van der Waals surface area contributed by atoms with E-state index in [9.17, 15) is 4.79 Å². The highest BCUT2D eigenvalue weighted by Crippen LogP contribution is 2.37. The average molecular weight is 611 g/mol. The van der Waals surface area contributed by atoms with Crippen LogP contribution in [0.5, 0.6) is 17.2 Å². The molecule has 1 amide bonds. The van der Waals surface area contributed by atoms with Gasteiger partial charge < -0.3 is 29.3 Å². The minimum absolute atomic E-state index is 0.310. The minimum Gasteiger partial charge on any atom is -0.497 e. The van der Waals surface area contributed by atoms with E-state index in [1.54, 1.807) is 37.6 Å². The summed E-state index contributed by atoms with van der Waals surface area (Å²) in [6.07, 6.45) is 1.95. The van der Waals surface area contributed by atoms with Gasteiger partial charge in [-0.2, -0.15) is 4.98 Å². The van der Waals surface area contributed by atoms with Gasteiger partial charge in [-0.1, -0.05) is 30.3 Å². The van der Waals surface area contributed by atoms with Crippen LogP contribution in [0.2, 0.25) is 0 Å². The zero-order chi connectivity index (χ0) is 31.9. The number of methoxy groups -OCH3 is 2. The molecule has 1 N–H and O–H groups in total. The zero-order valence-corrected chi connectivity index (χ0v) is 26.9. The highest BCUT2D eigenvalue weighted by atomic mass is 16.6. The fourth-order valence-electron chi connectivity index (χ4n) is 5.41. The number of piperazine rings is 1. The van der Waals surface area contributed by atoms with Gasteiger partial charge in [0.25, 0.3) is 0 Å². The first-order valence-electron chi connectivity index (χ1n) is 15.2. The highest BCUT2D eigenvalue weighted by molar-refractivity contribution is 5.98. The van der Waals surface area contributed by atoms with E-state index < -0.39 is 6.09 Å². The first-order chi connectivity index (χ1) is 21.7. The van der Waals surface area contributed by atoms with Crippen LogP contribution in [0.4, 0.5) is 27.9 Å². The fourth-order valence-corrected chi connectivity index (χ4v) is 5.41. The van der Waals surface area contributed by atoms with Crippen molar-refractivity contribution in [1.82, 2.24) is 19.8 Å². The number of benzene rings is 3. The molecule has 2 heterocycles. The Bertz CT molecular complexity index is 1590. The maximum atomic E-state index is 13.9. The van der Waals surface area contributed by atoms with Gasteiger partial charge in [0.05, 0.1) is 19.9 Å². The van der Waals surface area contributed by atoms with E-state index in [2.05, 4.69) is 46.2 Å². The second-order valence-electron chi connectivity index (χ2n) is 11.4. The van der Waals surface area contributed by atoms with Gasteiger partial charge in [-0.25, -0.2) is 14.7 Å². The molecule has 0 bridgehead atoms. The van der Waals surface area contributed by atoms with Crippen LogP contribution in [0.25, 0.3) is 0 Å². The first kappa shape index (κ1) is 31.7. The molecular weight excluding hydrogens is 568 g/mol. The Hall–Kier alpha value is -4.67. The standard InChI is InChI=1S/C35H42N6O4/c1-24-8-7-9-25(2)33(24)45-35(42)41(30-15-14-29(43-5)22-31(30)44-6)32-16-18-36-34(38-32)37-28-12-10-27(11-13-28)17-19-40-21-20-39(4)26(3)23-40/h7-16,18,22,26H,17,19-21,23H2,1-6H3,(H,36,37,38). The third kappa shape index (κ3) is 7.71. The van der Waals surface area contributed by atoms with Crippen molar-refractivity contribution >= 4 is 29.2 Å². The third-order valence-electron chi connectivity index (χ3n) is 8.25. The molecule has 1 aliphatic heterocycles. The number of rotatable bonds is 10. The predicted octanol–water partition coefficient (Wildman–Crippen LogP) is 6.37. The number of nitrogens with one attached hydrogen (secondary N) is 1. The maximum Gasteiger partial charge on any atom is 0.425 e. The second-order valence-corrected chi connectivity index (χ2v) is 11.4. The predicted molar refractivity (Wildman–Crippen MR) is 178 cm³/mol. The highest BCUT2D eigenvalue weighted by Gasteiger charge is 2.27. The molecule has 1 fully saturated rings. The van der Waals surface area contributed by atoms with Gasteiger partial charge in [0, 0.05) is 56.2 Å². The summed E-state index contributed by atoms with van der Waals surface area (Å²) in [7, 11) is 5.30. The fraction of sp³-hybridized carbons (Fsp3) is 0.343. The molecule has 10 heteroatoms. The van der Waals surface area contributed by atoms with E-state index in [1.165, 1.54) is 17.6 Å². The number of hydrogen-bond acceptors (Lipinski definition) is 9. The van der Waals surface area contributed by atoms with Crippen molar-refractivity contribution in [2.24, 2.45) is 0 Å². The van der Waals surface area contributed by atoms with Crippen molar-refractivity contribution in [3.63, 3.8) is 0 Å². The number of anilines is 4. The van der Waals surface area contributed by atoms with Crippen LogP contribution in [-0.2, 0) is 6.42 Å².